The molecule has 3 heterocycles. The van der Waals surface area contributed by atoms with Gasteiger partial charge in [-0.25, -0.2) is 4.98 Å². The van der Waals surface area contributed by atoms with Gasteiger partial charge in [0.2, 0.25) is 11.1 Å². The number of rotatable bonds is 3. The number of carbonyl (C=O) groups excluding carboxylic acids is 1. The van der Waals surface area contributed by atoms with Crippen molar-refractivity contribution in [2.75, 3.05) is 32.1 Å². The second kappa shape index (κ2) is 6.97. The van der Waals surface area contributed by atoms with Crippen molar-refractivity contribution in [3.63, 3.8) is 0 Å². The van der Waals surface area contributed by atoms with Gasteiger partial charge in [-0.3, -0.25) is 4.79 Å². The lowest BCUT2D eigenvalue weighted by Gasteiger charge is -2.26. The number of ether oxygens (including phenoxy) is 1. The van der Waals surface area contributed by atoms with Gasteiger partial charge in [0, 0.05) is 24.0 Å². The number of hydrogen-bond acceptors (Lipinski definition) is 6. The number of H-pyrrole nitrogens is 1. The first-order chi connectivity index (χ1) is 12.9. The number of nitrogens with zero attached hydrogens (tertiary/aromatic N) is 4. The predicted octanol–water partition coefficient (Wildman–Crippen LogP) is 2.48. The first-order valence-electron chi connectivity index (χ1n) is 8.14. The molecule has 7 nitrogen and oxygen atoms in total. The maximum atomic E-state index is 13.3. The zero-order chi connectivity index (χ0) is 19.0. The fourth-order valence-corrected chi connectivity index (χ4v) is 3.62. The Morgan fingerprint density at radius 3 is 2.78 bits per heavy atom. The topological polar surface area (TPSA) is 84.0 Å². The molecule has 1 aliphatic heterocycles. The second-order valence-electron chi connectivity index (χ2n) is 5.92. The molecule has 0 unspecified atom stereocenters. The highest BCUT2D eigenvalue weighted by Gasteiger charge is 2.34. The number of thioether (sulfide) groups is 1. The molecule has 0 radical (unpaired) electrons. The molecule has 0 aliphatic carbocycles. The van der Waals surface area contributed by atoms with Crippen LogP contribution in [0.1, 0.15) is 5.56 Å². The highest BCUT2D eigenvalue weighted by atomic mass is 32.2. The highest BCUT2D eigenvalue weighted by molar-refractivity contribution is 7.99. The van der Waals surface area contributed by atoms with E-state index in [1.807, 2.05) is 0 Å². The fourth-order valence-electron chi connectivity index (χ4n) is 2.93. The summed E-state index contributed by atoms with van der Waals surface area (Å²) in [6.07, 6.45) is -4.51. The number of fused-ring (bicyclic) bond motifs is 3. The molecule has 1 amide bonds. The lowest BCUT2D eigenvalue weighted by atomic mass is 10.1. The van der Waals surface area contributed by atoms with Gasteiger partial charge in [-0.05, 0) is 12.1 Å². The summed E-state index contributed by atoms with van der Waals surface area (Å²) in [4.78, 5) is 20.9. The Hall–Kier alpha value is -2.40. The molecule has 0 saturated carbocycles. The van der Waals surface area contributed by atoms with Gasteiger partial charge in [0.15, 0.2) is 5.65 Å². The summed E-state index contributed by atoms with van der Waals surface area (Å²) >= 11 is 1.10. The summed E-state index contributed by atoms with van der Waals surface area (Å²) < 4.78 is 45.0. The van der Waals surface area contributed by atoms with Crippen molar-refractivity contribution in [2.24, 2.45) is 0 Å². The smallest absolute Gasteiger partial charge is 0.378 e. The lowest BCUT2D eigenvalue weighted by molar-refractivity contribution is -0.136. The summed E-state index contributed by atoms with van der Waals surface area (Å²) in [5, 5.41) is 7.98. The Labute approximate surface area is 155 Å². The molecule has 1 aromatic carbocycles. The number of nitrogens with one attached hydrogen (secondary N) is 1. The van der Waals surface area contributed by atoms with Gasteiger partial charge < -0.3 is 14.6 Å². The SMILES string of the molecule is O=C(CSc1nnc2c(n1)[nH]c1cccc(C(F)(F)F)c12)N1CCOCC1. The number of alkyl halides is 3. The van der Waals surface area contributed by atoms with Crippen LogP contribution < -0.4 is 0 Å². The van der Waals surface area contributed by atoms with Crippen LogP contribution in [0.2, 0.25) is 0 Å². The van der Waals surface area contributed by atoms with Crippen LogP contribution >= 0.6 is 11.8 Å². The van der Waals surface area contributed by atoms with E-state index in [2.05, 4.69) is 20.2 Å². The Morgan fingerprint density at radius 1 is 1.26 bits per heavy atom. The van der Waals surface area contributed by atoms with Crippen molar-refractivity contribution in [1.82, 2.24) is 25.1 Å². The van der Waals surface area contributed by atoms with Crippen LogP contribution in [-0.2, 0) is 15.7 Å². The number of hydrogen-bond donors (Lipinski definition) is 1. The third kappa shape index (κ3) is 3.56. The van der Waals surface area contributed by atoms with Gasteiger partial charge in [0.05, 0.1) is 24.5 Å². The first kappa shape index (κ1) is 18.0. The van der Waals surface area contributed by atoms with Gasteiger partial charge in [-0.1, -0.05) is 17.8 Å². The first-order valence-corrected chi connectivity index (χ1v) is 9.12. The Bertz CT molecular complexity index is 1000. The normalized spacial score (nSPS) is 15.6. The number of benzene rings is 1. The summed E-state index contributed by atoms with van der Waals surface area (Å²) in [7, 11) is 0. The summed E-state index contributed by atoms with van der Waals surface area (Å²) in [6, 6.07) is 3.86. The average Bonchev–Trinajstić information content (AvgIpc) is 3.03. The van der Waals surface area contributed by atoms with E-state index in [1.54, 1.807) is 4.90 Å². The summed E-state index contributed by atoms with van der Waals surface area (Å²) in [5.41, 5.74) is -0.238. The van der Waals surface area contributed by atoms with Gasteiger partial charge in [-0.15, -0.1) is 10.2 Å². The lowest BCUT2D eigenvalue weighted by Crippen LogP contribution is -2.41. The maximum Gasteiger partial charge on any atom is 0.417 e. The molecule has 27 heavy (non-hydrogen) atoms. The molecular formula is C16H14F3N5O2S. The summed E-state index contributed by atoms with van der Waals surface area (Å²) in [6.45, 7) is 2.10. The maximum absolute atomic E-state index is 13.3. The van der Waals surface area contributed by atoms with E-state index in [4.69, 9.17) is 4.74 Å². The molecule has 11 heteroatoms. The fraction of sp³-hybridized carbons (Fsp3) is 0.375. The minimum Gasteiger partial charge on any atom is -0.378 e. The molecule has 1 aliphatic rings. The number of aromatic nitrogens is 4. The predicted molar refractivity (Wildman–Crippen MR) is 92.3 cm³/mol. The van der Waals surface area contributed by atoms with Crippen LogP contribution in [0.15, 0.2) is 23.4 Å². The number of carbonyl (C=O) groups is 1. The zero-order valence-corrected chi connectivity index (χ0v) is 14.7. The number of aromatic amines is 1. The van der Waals surface area contributed by atoms with Crippen LogP contribution in [0.25, 0.3) is 22.1 Å². The third-order valence-corrected chi connectivity index (χ3v) is 5.04. The molecular weight excluding hydrogens is 383 g/mol. The quantitative estimate of drug-likeness (QED) is 0.684. The average molecular weight is 397 g/mol. The molecule has 0 atom stereocenters. The minimum atomic E-state index is -4.51. The zero-order valence-electron chi connectivity index (χ0n) is 13.9. The molecule has 142 valence electrons. The largest absolute Gasteiger partial charge is 0.417 e. The van der Waals surface area contributed by atoms with Crippen LogP contribution in [0.3, 0.4) is 0 Å². The Balaban J connectivity index is 1.59. The molecule has 1 fully saturated rings. The molecule has 0 bridgehead atoms. The number of halogens is 3. The molecule has 0 spiro atoms. The summed E-state index contributed by atoms with van der Waals surface area (Å²) in [5.74, 6) is 0.0595. The Kier molecular flexibility index (Phi) is 4.64. The van der Waals surface area contributed by atoms with E-state index in [9.17, 15) is 18.0 Å². The van der Waals surface area contributed by atoms with E-state index >= 15 is 0 Å². The van der Waals surface area contributed by atoms with Crippen molar-refractivity contribution in [3.05, 3.63) is 23.8 Å². The Morgan fingerprint density at radius 2 is 2.04 bits per heavy atom. The van der Waals surface area contributed by atoms with E-state index < -0.39 is 11.7 Å². The van der Waals surface area contributed by atoms with E-state index in [1.165, 1.54) is 12.1 Å². The van der Waals surface area contributed by atoms with E-state index in [0.29, 0.717) is 26.3 Å². The molecule has 1 saturated heterocycles. The number of amides is 1. The molecule has 3 aromatic rings. The standard InChI is InChI=1S/C16H14F3N5O2S/c17-16(18,19)9-2-1-3-10-12(9)13-14(20-10)21-15(23-22-13)27-8-11(25)24-4-6-26-7-5-24/h1-3H,4-8H2,(H,20,21,23). The molecule has 4 rings (SSSR count). The third-order valence-electron chi connectivity index (χ3n) is 4.22. The molecule has 1 N–H and O–H groups in total. The van der Waals surface area contributed by atoms with Crippen molar-refractivity contribution in [2.45, 2.75) is 11.3 Å². The van der Waals surface area contributed by atoms with Gasteiger partial charge in [0.1, 0.15) is 5.52 Å². The van der Waals surface area contributed by atoms with Gasteiger partial charge in [-0.2, -0.15) is 13.2 Å². The van der Waals surface area contributed by atoms with E-state index in [-0.39, 0.29) is 38.9 Å². The number of morpholine rings is 1. The monoisotopic (exact) mass is 397 g/mol. The second-order valence-corrected chi connectivity index (χ2v) is 6.87. The van der Waals surface area contributed by atoms with Crippen molar-refractivity contribution in [1.29, 1.82) is 0 Å². The van der Waals surface area contributed by atoms with Crippen LogP contribution in [0.4, 0.5) is 13.2 Å². The highest BCUT2D eigenvalue weighted by Crippen LogP contribution is 2.37. The van der Waals surface area contributed by atoms with Crippen LogP contribution in [0, 0.1) is 0 Å². The van der Waals surface area contributed by atoms with Crippen molar-refractivity contribution < 1.29 is 22.7 Å². The van der Waals surface area contributed by atoms with Crippen LogP contribution in [0.5, 0.6) is 0 Å². The van der Waals surface area contributed by atoms with Crippen LogP contribution in [-0.4, -0.2) is 63.0 Å². The van der Waals surface area contributed by atoms with Crippen molar-refractivity contribution in [3.8, 4) is 0 Å². The minimum absolute atomic E-state index is 0.0547. The van der Waals surface area contributed by atoms with Crippen molar-refractivity contribution >= 4 is 39.7 Å². The molecule has 2 aromatic heterocycles. The van der Waals surface area contributed by atoms with Gasteiger partial charge >= 0.3 is 6.18 Å². The van der Waals surface area contributed by atoms with E-state index in [0.717, 1.165) is 17.8 Å². The van der Waals surface area contributed by atoms with Gasteiger partial charge in [0.25, 0.3) is 0 Å².